The van der Waals surface area contributed by atoms with Crippen LogP contribution < -0.4 is 5.32 Å². The molecule has 2 fully saturated rings. The summed E-state index contributed by atoms with van der Waals surface area (Å²) in [7, 11) is 0. The van der Waals surface area contributed by atoms with Crippen molar-refractivity contribution in [3.8, 4) is 0 Å². The third kappa shape index (κ3) is 2.32. The molecule has 0 radical (unpaired) electrons. The van der Waals surface area contributed by atoms with Gasteiger partial charge in [-0.3, -0.25) is 4.79 Å². The van der Waals surface area contributed by atoms with Gasteiger partial charge in [-0.05, 0) is 37.8 Å². The Kier molecular flexibility index (Phi) is 4.01. The van der Waals surface area contributed by atoms with E-state index < -0.39 is 0 Å². The molecule has 92 valence electrons. The molecule has 2 heteroatoms. The van der Waals surface area contributed by atoms with E-state index in [1.54, 1.807) is 0 Å². The fraction of sp³-hybridized carbons (Fsp3) is 0.929. The quantitative estimate of drug-likeness (QED) is 0.794. The van der Waals surface area contributed by atoms with Crippen molar-refractivity contribution in [1.29, 1.82) is 0 Å². The number of ketones is 1. The van der Waals surface area contributed by atoms with Gasteiger partial charge < -0.3 is 5.32 Å². The van der Waals surface area contributed by atoms with Crippen molar-refractivity contribution in [1.82, 2.24) is 5.32 Å². The molecule has 2 rings (SSSR count). The minimum Gasteiger partial charge on any atom is -0.316 e. The SMILES string of the molecule is CCC1CCCCC1C(=O)C(C)C1CNC1. The highest BCUT2D eigenvalue weighted by molar-refractivity contribution is 5.84. The highest BCUT2D eigenvalue weighted by Crippen LogP contribution is 2.35. The van der Waals surface area contributed by atoms with Crippen molar-refractivity contribution in [2.24, 2.45) is 23.7 Å². The molecule has 2 aliphatic rings. The van der Waals surface area contributed by atoms with E-state index in [0.29, 0.717) is 29.5 Å². The molecule has 2 nitrogen and oxygen atoms in total. The van der Waals surface area contributed by atoms with Gasteiger partial charge in [-0.2, -0.15) is 0 Å². The number of rotatable bonds is 4. The lowest BCUT2D eigenvalue weighted by atomic mass is 9.70. The lowest BCUT2D eigenvalue weighted by molar-refractivity contribution is -0.131. The molecule has 1 aliphatic heterocycles. The maximum Gasteiger partial charge on any atom is 0.139 e. The Bertz CT molecular complexity index is 247. The van der Waals surface area contributed by atoms with Crippen LogP contribution in [0.25, 0.3) is 0 Å². The molecule has 1 N–H and O–H groups in total. The maximum absolute atomic E-state index is 12.5. The standard InChI is InChI=1S/C14H25NO/c1-3-11-6-4-5-7-13(11)14(16)10(2)12-8-15-9-12/h10-13,15H,3-9H2,1-2H3. The topological polar surface area (TPSA) is 29.1 Å². The van der Waals surface area contributed by atoms with E-state index in [1.165, 1.54) is 25.7 Å². The van der Waals surface area contributed by atoms with E-state index in [2.05, 4.69) is 19.2 Å². The first-order valence-corrected chi connectivity index (χ1v) is 6.98. The van der Waals surface area contributed by atoms with Crippen LogP contribution in [-0.2, 0) is 4.79 Å². The van der Waals surface area contributed by atoms with Crippen LogP contribution in [0.2, 0.25) is 0 Å². The molecule has 3 unspecified atom stereocenters. The van der Waals surface area contributed by atoms with Gasteiger partial charge in [0.2, 0.25) is 0 Å². The number of carbonyl (C=O) groups excluding carboxylic acids is 1. The van der Waals surface area contributed by atoms with Crippen molar-refractivity contribution in [2.75, 3.05) is 13.1 Å². The zero-order valence-electron chi connectivity index (χ0n) is 10.7. The van der Waals surface area contributed by atoms with Crippen molar-refractivity contribution < 1.29 is 4.79 Å². The fourth-order valence-corrected chi connectivity index (χ4v) is 3.31. The number of hydrogen-bond acceptors (Lipinski definition) is 2. The predicted molar refractivity (Wildman–Crippen MR) is 66.3 cm³/mol. The summed E-state index contributed by atoms with van der Waals surface area (Å²) in [6.45, 7) is 6.49. The Morgan fingerprint density at radius 3 is 2.56 bits per heavy atom. The van der Waals surface area contributed by atoms with Gasteiger partial charge in [-0.1, -0.05) is 33.1 Å². The van der Waals surface area contributed by atoms with E-state index in [0.717, 1.165) is 19.5 Å². The predicted octanol–water partition coefficient (Wildman–Crippen LogP) is 2.63. The normalized spacial score (nSPS) is 33.1. The number of carbonyl (C=O) groups is 1. The van der Waals surface area contributed by atoms with E-state index in [9.17, 15) is 4.79 Å². The Morgan fingerprint density at radius 2 is 2.00 bits per heavy atom. The summed E-state index contributed by atoms with van der Waals surface area (Å²) in [5.41, 5.74) is 0. The Morgan fingerprint density at radius 1 is 1.31 bits per heavy atom. The molecule has 0 aromatic heterocycles. The lowest BCUT2D eigenvalue weighted by Crippen LogP contribution is -2.49. The highest BCUT2D eigenvalue weighted by Gasteiger charge is 2.36. The molecule has 0 aromatic rings. The monoisotopic (exact) mass is 223 g/mol. The smallest absolute Gasteiger partial charge is 0.139 e. The van der Waals surface area contributed by atoms with Crippen LogP contribution in [-0.4, -0.2) is 18.9 Å². The van der Waals surface area contributed by atoms with E-state index >= 15 is 0 Å². The second kappa shape index (κ2) is 5.31. The van der Waals surface area contributed by atoms with Gasteiger partial charge in [0, 0.05) is 11.8 Å². The van der Waals surface area contributed by atoms with Gasteiger partial charge in [0.25, 0.3) is 0 Å². The minimum absolute atomic E-state index is 0.290. The highest BCUT2D eigenvalue weighted by atomic mass is 16.1. The van der Waals surface area contributed by atoms with Crippen LogP contribution in [0.1, 0.15) is 46.0 Å². The first-order chi connectivity index (χ1) is 7.74. The number of Topliss-reactive ketones (excluding diaryl/α,β-unsaturated/α-hetero) is 1. The molecule has 1 saturated heterocycles. The van der Waals surface area contributed by atoms with Crippen LogP contribution in [0, 0.1) is 23.7 Å². The zero-order chi connectivity index (χ0) is 11.5. The van der Waals surface area contributed by atoms with Crippen LogP contribution in [0.4, 0.5) is 0 Å². The van der Waals surface area contributed by atoms with Gasteiger partial charge in [0.05, 0.1) is 0 Å². The molecule has 1 saturated carbocycles. The molecule has 3 atom stereocenters. The van der Waals surface area contributed by atoms with Crippen molar-refractivity contribution >= 4 is 5.78 Å². The molecule has 16 heavy (non-hydrogen) atoms. The summed E-state index contributed by atoms with van der Waals surface area (Å²) in [4.78, 5) is 12.5. The van der Waals surface area contributed by atoms with Crippen molar-refractivity contribution in [3.05, 3.63) is 0 Å². The minimum atomic E-state index is 0.290. The van der Waals surface area contributed by atoms with E-state index in [-0.39, 0.29) is 0 Å². The van der Waals surface area contributed by atoms with Crippen LogP contribution in [0.5, 0.6) is 0 Å². The fourth-order valence-electron chi connectivity index (χ4n) is 3.31. The average Bonchev–Trinajstić information content (AvgIpc) is 2.25. The van der Waals surface area contributed by atoms with Gasteiger partial charge >= 0.3 is 0 Å². The second-order valence-electron chi connectivity index (χ2n) is 5.67. The molecule has 0 spiro atoms. The zero-order valence-corrected chi connectivity index (χ0v) is 10.7. The van der Waals surface area contributed by atoms with Crippen LogP contribution >= 0.6 is 0 Å². The number of hydrogen-bond donors (Lipinski definition) is 1. The van der Waals surface area contributed by atoms with Crippen LogP contribution in [0.3, 0.4) is 0 Å². The third-order valence-corrected chi connectivity index (χ3v) is 4.77. The van der Waals surface area contributed by atoms with Crippen LogP contribution in [0.15, 0.2) is 0 Å². The molecule has 0 amide bonds. The molecule has 0 bridgehead atoms. The summed E-state index contributed by atoms with van der Waals surface area (Å²) < 4.78 is 0. The summed E-state index contributed by atoms with van der Waals surface area (Å²) in [5, 5.41) is 3.27. The van der Waals surface area contributed by atoms with Gasteiger partial charge in [0.15, 0.2) is 0 Å². The van der Waals surface area contributed by atoms with E-state index in [4.69, 9.17) is 0 Å². The second-order valence-corrected chi connectivity index (χ2v) is 5.67. The first-order valence-electron chi connectivity index (χ1n) is 6.98. The number of nitrogens with one attached hydrogen (secondary N) is 1. The summed E-state index contributed by atoms with van der Waals surface area (Å²) >= 11 is 0. The maximum atomic E-state index is 12.5. The Labute approximate surface area is 99.2 Å². The average molecular weight is 223 g/mol. The Hall–Kier alpha value is -0.370. The molecule has 1 aliphatic carbocycles. The lowest BCUT2D eigenvalue weighted by Gasteiger charge is -2.37. The molecular weight excluding hydrogens is 198 g/mol. The summed E-state index contributed by atoms with van der Waals surface area (Å²) in [6.07, 6.45) is 6.22. The Balaban J connectivity index is 1.95. The summed E-state index contributed by atoms with van der Waals surface area (Å²) in [5.74, 6) is 2.54. The molecule has 1 heterocycles. The van der Waals surface area contributed by atoms with Crippen molar-refractivity contribution in [3.63, 3.8) is 0 Å². The van der Waals surface area contributed by atoms with Gasteiger partial charge in [-0.15, -0.1) is 0 Å². The summed E-state index contributed by atoms with van der Waals surface area (Å²) in [6, 6.07) is 0. The molecular formula is C14H25NO. The third-order valence-electron chi connectivity index (χ3n) is 4.77. The first kappa shape index (κ1) is 12.1. The van der Waals surface area contributed by atoms with Crippen molar-refractivity contribution in [2.45, 2.75) is 46.0 Å². The van der Waals surface area contributed by atoms with Gasteiger partial charge in [0.1, 0.15) is 5.78 Å². The van der Waals surface area contributed by atoms with Gasteiger partial charge in [-0.25, -0.2) is 0 Å². The van der Waals surface area contributed by atoms with E-state index in [1.807, 2.05) is 0 Å². The molecule has 0 aromatic carbocycles. The largest absolute Gasteiger partial charge is 0.316 e.